The highest BCUT2D eigenvalue weighted by Gasteiger charge is 2.42. The molecule has 1 aliphatic rings. The van der Waals surface area contributed by atoms with Crippen molar-refractivity contribution in [2.45, 2.75) is 25.0 Å². The fraction of sp³-hybridized carbons (Fsp3) is 0.500. The number of pyridine rings is 1. The number of nitrogens with zero attached hydrogens (tertiary/aromatic N) is 3. The van der Waals surface area contributed by atoms with Crippen LogP contribution in [0.25, 0.3) is 10.9 Å². The zero-order chi connectivity index (χ0) is 18.6. The zero-order valence-corrected chi connectivity index (χ0v) is 15.5. The van der Waals surface area contributed by atoms with Crippen LogP contribution in [0.2, 0.25) is 0 Å². The fourth-order valence-corrected chi connectivity index (χ4v) is 3.66. The van der Waals surface area contributed by atoms with Gasteiger partial charge in [0, 0.05) is 44.9 Å². The lowest BCUT2D eigenvalue weighted by molar-refractivity contribution is -0.159. The quantitative estimate of drug-likeness (QED) is 0.816. The molecule has 1 saturated heterocycles. The van der Waals surface area contributed by atoms with Gasteiger partial charge >= 0.3 is 0 Å². The summed E-state index contributed by atoms with van der Waals surface area (Å²) in [5.41, 5.74) is 0.781. The standard InChI is InChI=1S/C20H27N3O3/c1-22(14-16-6-7-18-17(13-16)5-3-9-21-18)15-20(25)8-4-10-23(19(20)24)11-12-26-2/h3,5-7,9,13,25H,4,8,10-12,14-15H2,1-2H3/t20-/m1/s1. The highest BCUT2D eigenvalue weighted by Crippen LogP contribution is 2.24. The predicted octanol–water partition coefficient (Wildman–Crippen LogP) is 1.67. The molecule has 1 N–H and O–H groups in total. The van der Waals surface area contributed by atoms with Gasteiger partial charge in [0.2, 0.25) is 0 Å². The number of benzene rings is 1. The van der Waals surface area contributed by atoms with E-state index in [-0.39, 0.29) is 5.91 Å². The van der Waals surface area contributed by atoms with Crippen molar-refractivity contribution in [1.82, 2.24) is 14.8 Å². The van der Waals surface area contributed by atoms with E-state index in [0.29, 0.717) is 39.2 Å². The summed E-state index contributed by atoms with van der Waals surface area (Å²) in [6, 6.07) is 10.1. The number of carbonyl (C=O) groups excluding carboxylic acids is 1. The number of hydrogen-bond acceptors (Lipinski definition) is 5. The number of likely N-dealkylation sites (N-methyl/N-ethyl adjacent to an activating group) is 1. The van der Waals surface area contributed by atoms with Gasteiger partial charge in [-0.05, 0) is 43.7 Å². The SMILES string of the molecule is COCCN1CCC[C@@](O)(CN(C)Cc2ccc3ncccc3c2)C1=O. The van der Waals surface area contributed by atoms with Gasteiger partial charge in [-0.3, -0.25) is 14.7 Å². The van der Waals surface area contributed by atoms with E-state index in [0.717, 1.165) is 22.9 Å². The number of likely N-dealkylation sites (tertiary alicyclic amines) is 1. The van der Waals surface area contributed by atoms with Gasteiger partial charge in [-0.1, -0.05) is 12.1 Å². The number of hydrogen-bond donors (Lipinski definition) is 1. The Hall–Kier alpha value is -2.02. The zero-order valence-electron chi connectivity index (χ0n) is 15.5. The molecule has 1 fully saturated rings. The van der Waals surface area contributed by atoms with Crippen LogP contribution in [0.5, 0.6) is 0 Å². The maximum Gasteiger partial charge on any atom is 0.255 e. The van der Waals surface area contributed by atoms with Crippen molar-refractivity contribution in [2.24, 2.45) is 0 Å². The molecule has 6 nitrogen and oxygen atoms in total. The summed E-state index contributed by atoms with van der Waals surface area (Å²) in [6.45, 7) is 2.69. The van der Waals surface area contributed by atoms with Gasteiger partial charge < -0.3 is 14.7 Å². The van der Waals surface area contributed by atoms with Gasteiger partial charge in [0.25, 0.3) is 5.91 Å². The molecule has 0 spiro atoms. The summed E-state index contributed by atoms with van der Waals surface area (Å²) in [5.74, 6) is -0.185. The molecule has 1 aromatic carbocycles. The van der Waals surface area contributed by atoms with Gasteiger partial charge in [0.1, 0.15) is 0 Å². The number of aliphatic hydroxyl groups is 1. The van der Waals surface area contributed by atoms with Crippen molar-refractivity contribution in [3.05, 3.63) is 42.1 Å². The third-order valence-corrected chi connectivity index (χ3v) is 4.92. The second-order valence-corrected chi connectivity index (χ2v) is 7.12. The van der Waals surface area contributed by atoms with E-state index in [1.807, 2.05) is 36.2 Å². The van der Waals surface area contributed by atoms with Crippen molar-refractivity contribution in [2.75, 3.05) is 40.4 Å². The number of amides is 1. The normalized spacial score (nSPS) is 20.9. The first-order chi connectivity index (χ1) is 12.5. The molecule has 1 amide bonds. The topological polar surface area (TPSA) is 65.9 Å². The number of methoxy groups -OCH3 is 1. The Labute approximate surface area is 154 Å². The Balaban J connectivity index is 1.65. The Bertz CT molecular complexity index is 767. The monoisotopic (exact) mass is 357 g/mol. The molecule has 0 unspecified atom stereocenters. The summed E-state index contributed by atoms with van der Waals surface area (Å²) in [6.07, 6.45) is 3.09. The number of ether oxygens (including phenoxy) is 1. The highest BCUT2D eigenvalue weighted by atomic mass is 16.5. The maximum atomic E-state index is 12.7. The molecule has 6 heteroatoms. The van der Waals surface area contributed by atoms with E-state index in [2.05, 4.69) is 11.1 Å². The fourth-order valence-electron chi connectivity index (χ4n) is 3.66. The van der Waals surface area contributed by atoms with E-state index < -0.39 is 5.60 Å². The molecule has 26 heavy (non-hydrogen) atoms. The van der Waals surface area contributed by atoms with Crippen LogP contribution in [-0.2, 0) is 16.1 Å². The average Bonchev–Trinajstić information content (AvgIpc) is 2.63. The van der Waals surface area contributed by atoms with Crippen molar-refractivity contribution >= 4 is 16.8 Å². The third-order valence-electron chi connectivity index (χ3n) is 4.92. The van der Waals surface area contributed by atoms with Crippen LogP contribution in [0, 0.1) is 0 Å². The van der Waals surface area contributed by atoms with Crippen LogP contribution >= 0.6 is 0 Å². The highest BCUT2D eigenvalue weighted by molar-refractivity contribution is 5.86. The summed E-state index contributed by atoms with van der Waals surface area (Å²) in [4.78, 5) is 20.8. The van der Waals surface area contributed by atoms with Crippen molar-refractivity contribution in [1.29, 1.82) is 0 Å². The van der Waals surface area contributed by atoms with Crippen LogP contribution in [0.1, 0.15) is 18.4 Å². The van der Waals surface area contributed by atoms with Crippen molar-refractivity contribution in [3.63, 3.8) is 0 Å². The van der Waals surface area contributed by atoms with Gasteiger partial charge in [0.15, 0.2) is 5.60 Å². The van der Waals surface area contributed by atoms with Crippen molar-refractivity contribution in [3.8, 4) is 0 Å². The van der Waals surface area contributed by atoms with Crippen LogP contribution < -0.4 is 0 Å². The molecule has 0 aliphatic carbocycles. The Morgan fingerprint density at radius 3 is 3.04 bits per heavy atom. The van der Waals surface area contributed by atoms with Crippen LogP contribution in [-0.4, -0.2) is 71.8 Å². The predicted molar refractivity (Wildman–Crippen MR) is 101 cm³/mol. The molecule has 2 heterocycles. The second-order valence-electron chi connectivity index (χ2n) is 7.12. The number of piperidine rings is 1. The van der Waals surface area contributed by atoms with Gasteiger partial charge in [-0.2, -0.15) is 0 Å². The minimum atomic E-state index is -1.32. The van der Waals surface area contributed by atoms with Crippen LogP contribution in [0.4, 0.5) is 0 Å². The first-order valence-electron chi connectivity index (χ1n) is 9.05. The van der Waals surface area contributed by atoms with E-state index in [4.69, 9.17) is 4.74 Å². The Morgan fingerprint density at radius 1 is 1.38 bits per heavy atom. The average molecular weight is 357 g/mol. The van der Waals surface area contributed by atoms with Crippen LogP contribution in [0.3, 0.4) is 0 Å². The lowest BCUT2D eigenvalue weighted by Crippen LogP contribution is -2.58. The number of carbonyl (C=O) groups is 1. The molecule has 0 bridgehead atoms. The second kappa shape index (κ2) is 8.12. The first-order valence-corrected chi connectivity index (χ1v) is 9.05. The van der Waals surface area contributed by atoms with E-state index in [1.165, 1.54) is 0 Å². The Morgan fingerprint density at radius 2 is 2.23 bits per heavy atom. The molecule has 0 saturated carbocycles. The van der Waals surface area contributed by atoms with E-state index in [1.54, 1.807) is 18.2 Å². The van der Waals surface area contributed by atoms with E-state index in [9.17, 15) is 9.90 Å². The first kappa shape index (κ1) is 18.8. The van der Waals surface area contributed by atoms with E-state index >= 15 is 0 Å². The molecule has 2 aromatic rings. The number of aromatic nitrogens is 1. The summed E-state index contributed by atoms with van der Waals surface area (Å²) in [5, 5.41) is 12.0. The molecule has 3 rings (SSSR count). The lowest BCUT2D eigenvalue weighted by Gasteiger charge is -2.40. The summed E-state index contributed by atoms with van der Waals surface area (Å²) in [7, 11) is 3.56. The molecule has 140 valence electrons. The van der Waals surface area contributed by atoms with Gasteiger partial charge in [-0.15, -0.1) is 0 Å². The largest absolute Gasteiger partial charge is 0.383 e. The van der Waals surface area contributed by atoms with Crippen LogP contribution in [0.15, 0.2) is 36.5 Å². The van der Waals surface area contributed by atoms with Gasteiger partial charge in [0.05, 0.1) is 12.1 Å². The molecular weight excluding hydrogens is 330 g/mol. The minimum Gasteiger partial charge on any atom is -0.383 e. The summed E-state index contributed by atoms with van der Waals surface area (Å²) < 4.78 is 5.07. The molecule has 1 aromatic heterocycles. The van der Waals surface area contributed by atoms with Crippen molar-refractivity contribution < 1.29 is 14.6 Å². The molecule has 1 atom stereocenters. The lowest BCUT2D eigenvalue weighted by atomic mass is 9.91. The third kappa shape index (κ3) is 4.20. The maximum absolute atomic E-state index is 12.7. The molecular formula is C20H27N3O3. The molecule has 0 radical (unpaired) electrons. The van der Waals surface area contributed by atoms with Gasteiger partial charge in [-0.25, -0.2) is 0 Å². The minimum absolute atomic E-state index is 0.185. The molecule has 1 aliphatic heterocycles. The number of rotatable bonds is 7. The Kier molecular flexibility index (Phi) is 5.86. The number of fused-ring (bicyclic) bond motifs is 1. The smallest absolute Gasteiger partial charge is 0.255 e. The summed E-state index contributed by atoms with van der Waals surface area (Å²) >= 11 is 0.